The Bertz CT molecular complexity index is 740. The molecule has 0 unspecified atom stereocenters. The van der Waals surface area contributed by atoms with Gasteiger partial charge in [-0.25, -0.2) is 4.79 Å². The minimum atomic E-state index is -0.670. The van der Waals surface area contributed by atoms with Crippen molar-refractivity contribution in [3.05, 3.63) is 64.7 Å². The number of hydrogen-bond acceptors (Lipinski definition) is 3. The molecule has 0 heterocycles. The van der Waals surface area contributed by atoms with Gasteiger partial charge in [-0.15, -0.1) is 0 Å². The predicted octanol–water partition coefficient (Wildman–Crippen LogP) is 4.11. The Balaban J connectivity index is 1.96. The summed E-state index contributed by atoms with van der Waals surface area (Å²) >= 11 is 5.90. The highest BCUT2D eigenvalue weighted by atomic mass is 35.5. The summed E-state index contributed by atoms with van der Waals surface area (Å²) in [6.45, 7) is 4.14. The molecule has 0 aliphatic rings. The molecule has 25 heavy (non-hydrogen) atoms. The van der Waals surface area contributed by atoms with Gasteiger partial charge in [0.2, 0.25) is 5.91 Å². The molecule has 2 amide bonds. The fourth-order valence-electron chi connectivity index (χ4n) is 2.28. The van der Waals surface area contributed by atoms with Crippen LogP contribution in [0.15, 0.2) is 48.5 Å². The average Bonchev–Trinajstić information content (AvgIpc) is 2.61. The molecule has 5 nitrogen and oxygen atoms in total. The van der Waals surface area contributed by atoms with Gasteiger partial charge in [0.1, 0.15) is 0 Å². The maximum Gasteiger partial charge on any atom is 0.411 e. The van der Waals surface area contributed by atoms with Crippen LogP contribution in [-0.2, 0) is 21.5 Å². The molecule has 132 valence electrons. The first-order chi connectivity index (χ1) is 11.8. The van der Waals surface area contributed by atoms with E-state index in [1.165, 1.54) is 7.11 Å². The van der Waals surface area contributed by atoms with Crippen LogP contribution < -0.4 is 10.6 Å². The van der Waals surface area contributed by atoms with E-state index < -0.39 is 11.5 Å². The summed E-state index contributed by atoms with van der Waals surface area (Å²) in [6, 6.07) is 14.4. The Hall–Kier alpha value is -2.53. The van der Waals surface area contributed by atoms with Gasteiger partial charge in [-0.1, -0.05) is 35.9 Å². The Labute approximate surface area is 152 Å². The van der Waals surface area contributed by atoms with Crippen molar-refractivity contribution < 1.29 is 14.3 Å². The second kappa shape index (κ2) is 8.03. The number of rotatable bonds is 5. The maximum atomic E-state index is 12.6. The number of hydrogen-bond donors (Lipinski definition) is 2. The van der Waals surface area contributed by atoms with E-state index >= 15 is 0 Å². The third-order valence-corrected chi connectivity index (χ3v) is 4.22. The third kappa shape index (κ3) is 4.97. The summed E-state index contributed by atoms with van der Waals surface area (Å²) in [7, 11) is 1.31. The smallest absolute Gasteiger partial charge is 0.411 e. The van der Waals surface area contributed by atoms with Crippen LogP contribution in [0.25, 0.3) is 0 Å². The van der Waals surface area contributed by atoms with Gasteiger partial charge in [0.05, 0.1) is 12.5 Å². The number of methoxy groups -OCH3 is 1. The molecule has 0 saturated carbocycles. The number of anilines is 1. The standard InChI is InChI=1S/C19H21ClN2O3/c1-19(2,14-6-8-15(20)9-7-14)17(23)21-12-13-4-10-16(11-5-13)22-18(24)25-3/h4-11H,12H2,1-3H3,(H,21,23)(H,22,24). The summed E-state index contributed by atoms with van der Waals surface area (Å²) in [5.41, 5.74) is 1.78. The molecule has 2 N–H and O–H groups in total. The van der Waals surface area contributed by atoms with E-state index in [0.29, 0.717) is 17.3 Å². The normalized spacial score (nSPS) is 10.9. The van der Waals surface area contributed by atoms with Gasteiger partial charge in [0.15, 0.2) is 0 Å². The number of ether oxygens (including phenoxy) is 1. The quantitative estimate of drug-likeness (QED) is 0.843. The first-order valence-electron chi connectivity index (χ1n) is 7.81. The van der Waals surface area contributed by atoms with Crippen LogP contribution >= 0.6 is 11.6 Å². The minimum absolute atomic E-state index is 0.0772. The molecule has 0 aromatic heterocycles. The van der Waals surface area contributed by atoms with E-state index in [0.717, 1.165) is 11.1 Å². The van der Waals surface area contributed by atoms with Crippen molar-refractivity contribution in [3.63, 3.8) is 0 Å². The van der Waals surface area contributed by atoms with E-state index in [-0.39, 0.29) is 5.91 Å². The summed E-state index contributed by atoms with van der Waals surface area (Å²) in [5, 5.41) is 6.15. The van der Waals surface area contributed by atoms with Crippen LogP contribution in [0.2, 0.25) is 5.02 Å². The van der Waals surface area contributed by atoms with Crippen molar-refractivity contribution in [2.45, 2.75) is 25.8 Å². The fraction of sp³-hybridized carbons (Fsp3) is 0.263. The molecule has 0 fully saturated rings. The van der Waals surface area contributed by atoms with E-state index in [9.17, 15) is 9.59 Å². The molecule has 0 aliphatic carbocycles. The molecule has 2 aromatic rings. The maximum absolute atomic E-state index is 12.6. The summed E-state index contributed by atoms with van der Waals surface area (Å²) < 4.78 is 4.53. The molecule has 0 spiro atoms. The van der Waals surface area contributed by atoms with Gasteiger partial charge in [-0.3, -0.25) is 10.1 Å². The van der Waals surface area contributed by atoms with Crippen molar-refractivity contribution in [2.75, 3.05) is 12.4 Å². The van der Waals surface area contributed by atoms with Gasteiger partial charge in [0.25, 0.3) is 0 Å². The zero-order valence-corrected chi connectivity index (χ0v) is 15.2. The lowest BCUT2D eigenvalue weighted by Gasteiger charge is -2.24. The van der Waals surface area contributed by atoms with E-state index in [1.807, 2.05) is 38.1 Å². The molecule has 2 aromatic carbocycles. The molecule has 0 radical (unpaired) electrons. The monoisotopic (exact) mass is 360 g/mol. The van der Waals surface area contributed by atoms with Crippen LogP contribution in [0, 0.1) is 0 Å². The zero-order chi connectivity index (χ0) is 18.4. The van der Waals surface area contributed by atoms with E-state index in [4.69, 9.17) is 11.6 Å². The van der Waals surface area contributed by atoms with Crippen LogP contribution in [0.5, 0.6) is 0 Å². The number of halogens is 1. The first kappa shape index (κ1) is 18.8. The van der Waals surface area contributed by atoms with Crippen molar-refractivity contribution in [1.82, 2.24) is 5.32 Å². The van der Waals surface area contributed by atoms with Gasteiger partial charge >= 0.3 is 6.09 Å². The summed E-state index contributed by atoms with van der Waals surface area (Å²) in [4.78, 5) is 23.7. The van der Waals surface area contributed by atoms with Crippen molar-refractivity contribution in [3.8, 4) is 0 Å². The molecule has 0 atom stereocenters. The van der Waals surface area contributed by atoms with Crippen molar-refractivity contribution >= 4 is 29.3 Å². The Morgan fingerprint density at radius 2 is 1.64 bits per heavy atom. The first-order valence-corrected chi connectivity index (χ1v) is 8.19. The Morgan fingerprint density at radius 1 is 1.04 bits per heavy atom. The lowest BCUT2D eigenvalue weighted by Crippen LogP contribution is -2.39. The van der Waals surface area contributed by atoms with Crippen LogP contribution in [0.3, 0.4) is 0 Å². The minimum Gasteiger partial charge on any atom is -0.453 e. The van der Waals surface area contributed by atoms with Gasteiger partial charge in [0, 0.05) is 17.3 Å². The molecule has 6 heteroatoms. The molecular formula is C19H21ClN2O3. The number of nitrogens with one attached hydrogen (secondary N) is 2. The van der Waals surface area contributed by atoms with Crippen LogP contribution in [0.1, 0.15) is 25.0 Å². The zero-order valence-electron chi connectivity index (χ0n) is 14.4. The molecule has 0 bridgehead atoms. The largest absolute Gasteiger partial charge is 0.453 e. The lowest BCUT2D eigenvalue weighted by atomic mass is 9.83. The van der Waals surface area contributed by atoms with Gasteiger partial charge in [-0.2, -0.15) is 0 Å². The third-order valence-electron chi connectivity index (χ3n) is 3.97. The Kier molecular flexibility index (Phi) is 6.04. The van der Waals surface area contributed by atoms with E-state index in [1.54, 1.807) is 24.3 Å². The fourth-order valence-corrected chi connectivity index (χ4v) is 2.40. The second-order valence-electron chi connectivity index (χ2n) is 6.13. The van der Waals surface area contributed by atoms with Crippen molar-refractivity contribution in [2.24, 2.45) is 0 Å². The molecule has 0 aliphatic heterocycles. The molecule has 2 rings (SSSR count). The van der Waals surface area contributed by atoms with Crippen LogP contribution in [-0.4, -0.2) is 19.1 Å². The molecule has 0 saturated heterocycles. The van der Waals surface area contributed by atoms with Gasteiger partial charge in [-0.05, 0) is 49.2 Å². The lowest BCUT2D eigenvalue weighted by molar-refractivity contribution is -0.125. The molecular weight excluding hydrogens is 340 g/mol. The van der Waals surface area contributed by atoms with E-state index in [2.05, 4.69) is 15.4 Å². The van der Waals surface area contributed by atoms with Crippen LogP contribution in [0.4, 0.5) is 10.5 Å². The highest BCUT2D eigenvalue weighted by Gasteiger charge is 2.29. The number of carbonyl (C=O) groups excluding carboxylic acids is 2. The number of benzene rings is 2. The summed E-state index contributed by atoms with van der Waals surface area (Å²) in [6.07, 6.45) is -0.522. The predicted molar refractivity (Wildman–Crippen MR) is 98.8 cm³/mol. The highest BCUT2D eigenvalue weighted by Crippen LogP contribution is 2.25. The highest BCUT2D eigenvalue weighted by molar-refractivity contribution is 6.30. The number of carbonyl (C=O) groups is 2. The Morgan fingerprint density at radius 3 is 2.20 bits per heavy atom. The topological polar surface area (TPSA) is 67.4 Å². The summed E-state index contributed by atoms with van der Waals surface area (Å²) in [5.74, 6) is -0.0772. The van der Waals surface area contributed by atoms with Gasteiger partial charge < -0.3 is 10.1 Å². The van der Waals surface area contributed by atoms with Crippen molar-refractivity contribution in [1.29, 1.82) is 0 Å². The average molecular weight is 361 g/mol. The second-order valence-corrected chi connectivity index (χ2v) is 6.56. The number of amides is 2. The SMILES string of the molecule is COC(=O)Nc1ccc(CNC(=O)C(C)(C)c2ccc(Cl)cc2)cc1.